The van der Waals surface area contributed by atoms with Gasteiger partial charge < -0.3 is 5.32 Å². The van der Waals surface area contributed by atoms with Gasteiger partial charge in [0.15, 0.2) is 0 Å². The fourth-order valence-electron chi connectivity index (χ4n) is 1.43. The first-order valence-electron chi connectivity index (χ1n) is 5.51. The minimum atomic E-state index is -3.68. The maximum absolute atomic E-state index is 12.2. The summed E-state index contributed by atoms with van der Waals surface area (Å²) in [6.45, 7) is 0. The van der Waals surface area contributed by atoms with Crippen molar-refractivity contribution in [2.45, 2.75) is 4.90 Å². The van der Waals surface area contributed by atoms with E-state index in [0.29, 0.717) is 10.6 Å². The third-order valence-electron chi connectivity index (χ3n) is 2.43. The number of hydrogen-bond acceptors (Lipinski definition) is 4. The van der Waals surface area contributed by atoms with Crippen LogP contribution >= 0.6 is 27.3 Å². The molecule has 1 heterocycles. The monoisotopic (exact) mass is 374 g/mol. The number of amides is 1. The van der Waals surface area contributed by atoms with E-state index in [2.05, 4.69) is 26.0 Å². The normalized spacial score (nSPS) is 11.1. The summed E-state index contributed by atoms with van der Waals surface area (Å²) < 4.78 is 27.6. The Hall–Kier alpha value is -1.38. The molecule has 0 aliphatic rings. The molecule has 106 valence electrons. The van der Waals surface area contributed by atoms with Crippen LogP contribution in [0, 0.1) is 0 Å². The number of sulfonamides is 1. The molecule has 1 aromatic heterocycles. The van der Waals surface area contributed by atoms with Crippen LogP contribution in [0.5, 0.6) is 0 Å². The first-order valence-corrected chi connectivity index (χ1v) is 8.67. The molecule has 2 N–H and O–H groups in total. The molecule has 0 atom stereocenters. The van der Waals surface area contributed by atoms with Crippen molar-refractivity contribution in [2.75, 3.05) is 11.8 Å². The number of carbonyl (C=O) groups excluding carboxylic acids is 1. The van der Waals surface area contributed by atoms with E-state index in [0.717, 1.165) is 15.8 Å². The van der Waals surface area contributed by atoms with E-state index in [1.807, 2.05) is 0 Å². The molecule has 5 nitrogen and oxygen atoms in total. The Kier molecular flexibility index (Phi) is 4.46. The van der Waals surface area contributed by atoms with Gasteiger partial charge in [0.2, 0.25) is 0 Å². The molecule has 1 amide bonds. The molecule has 0 radical (unpaired) electrons. The number of thiophene rings is 1. The summed E-state index contributed by atoms with van der Waals surface area (Å²) in [7, 11) is -2.19. The number of benzene rings is 1. The van der Waals surface area contributed by atoms with E-state index < -0.39 is 10.0 Å². The third-order valence-corrected chi connectivity index (χ3v) is 5.40. The molecule has 20 heavy (non-hydrogen) atoms. The molecule has 0 aliphatic carbocycles. The topological polar surface area (TPSA) is 75.3 Å². The first-order chi connectivity index (χ1) is 9.42. The molecule has 0 saturated heterocycles. The zero-order chi connectivity index (χ0) is 14.8. The minimum Gasteiger partial charge on any atom is -0.354 e. The zero-order valence-corrected chi connectivity index (χ0v) is 13.6. The molecule has 2 rings (SSSR count). The smallest absolute Gasteiger partial charge is 0.262 e. The van der Waals surface area contributed by atoms with Gasteiger partial charge in [-0.15, -0.1) is 11.3 Å². The second-order valence-electron chi connectivity index (χ2n) is 3.84. The van der Waals surface area contributed by atoms with E-state index in [1.54, 1.807) is 24.3 Å². The van der Waals surface area contributed by atoms with Crippen molar-refractivity contribution >= 4 is 48.9 Å². The van der Waals surface area contributed by atoms with Crippen LogP contribution in [0.2, 0.25) is 0 Å². The average molecular weight is 375 g/mol. The minimum absolute atomic E-state index is 0.0732. The van der Waals surface area contributed by atoms with Crippen LogP contribution in [-0.2, 0) is 10.0 Å². The van der Waals surface area contributed by atoms with Gasteiger partial charge in [0, 0.05) is 22.6 Å². The van der Waals surface area contributed by atoms with Gasteiger partial charge in [0.05, 0.1) is 9.77 Å². The molecule has 8 heteroatoms. The van der Waals surface area contributed by atoms with Crippen molar-refractivity contribution in [3.05, 3.63) is 45.1 Å². The van der Waals surface area contributed by atoms with Crippen molar-refractivity contribution < 1.29 is 13.2 Å². The molecular weight excluding hydrogens is 364 g/mol. The predicted octanol–water partition coefficient (Wildman–Crippen LogP) is 2.67. The summed E-state index contributed by atoms with van der Waals surface area (Å²) in [6.07, 6.45) is 0. The summed E-state index contributed by atoms with van der Waals surface area (Å²) in [6, 6.07) is 8.12. The van der Waals surface area contributed by atoms with Crippen LogP contribution in [0.15, 0.2) is 45.1 Å². The summed E-state index contributed by atoms with van der Waals surface area (Å²) in [5.74, 6) is -0.305. The Morgan fingerprint density at radius 2 is 1.90 bits per heavy atom. The van der Waals surface area contributed by atoms with Gasteiger partial charge in [-0.1, -0.05) is 15.9 Å². The highest BCUT2D eigenvalue weighted by atomic mass is 79.9. The maximum Gasteiger partial charge on any atom is 0.262 e. The van der Waals surface area contributed by atoms with Crippen molar-refractivity contribution in [3.63, 3.8) is 0 Å². The van der Waals surface area contributed by atoms with Crippen molar-refractivity contribution in [2.24, 2.45) is 0 Å². The molecule has 0 aliphatic heterocycles. The number of halogens is 1. The Morgan fingerprint density at radius 1 is 1.25 bits per heavy atom. The van der Waals surface area contributed by atoms with Crippen molar-refractivity contribution in [3.8, 4) is 0 Å². The van der Waals surface area contributed by atoms with E-state index >= 15 is 0 Å². The lowest BCUT2D eigenvalue weighted by molar-refractivity contribution is 0.0967. The summed E-state index contributed by atoms with van der Waals surface area (Å²) >= 11 is 4.36. The molecule has 0 unspecified atom stereocenters. The second-order valence-corrected chi connectivity index (χ2v) is 7.35. The largest absolute Gasteiger partial charge is 0.354 e. The number of nitrogens with one attached hydrogen (secondary N) is 2. The lowest BCUT2D eigenvalue weighted by atomic mass is 10.3. The Labute approximate surface area is 129 Å². The molecule has 0 bridgehead atoms. The van der Waals surface area contributed by atoms with Gasteiger partial charge in [0.1, 0.15) is 0 Å². The van der Waals surface area contributed by atoms with Crippen LogP contribution in [0.4, 0.5) is 5.69 Å². The second kappa shape index (κ2) is 5.94. The summed E-state index contributed by atoms with van der Waals surface area (Å²) in [5, 5.41) is 3.89. The van der Waals surface area contributed by atoms with Crippen LogP contribution in [-0.4, -0.2) is 21.4 Å². The number of anilines is 1. The molecular formula is C12H11BrN2O3S2. The van der Waals surface area contributed by atoms with Crippen LogP contribution in [0.25, 0.3) is 0 Å². The highest BCUT2D eigenvalue weighted by Gasteiger charge is 2.18. The third kappa shape index (κ3) is 3.38. The predicted molar refractivity (Wildman–Crippen MR) is 82.7 cm³/mol. The van der Waals surface area contributed by atoms with Crippen LogP contribution in [0.3, 0.4) is 0 Å². The van der Waals surface area contributed by atoms with Gasteiger partial charge in [-0.3, -0.25) is 9.52 Å². The highest BCUT2D eigenvalue weighted by molar-refractivity contribution is 9.10. The first kappa shape index (κ1) is 15.0. The molecule has 0 spiro atoms. The van der Waals surface area contributed by atoms with E-state index in [4.69, 9.17) is 0 Å². The van der Waals surface area contributed by atoms with E-state index in [9.17, 15) is 13.2 Å². The fourth-order valence-corrected chi connectivity index (χ4v) is 3.98. The standard InChI is InChI=1S/C12H11BrN2O3S2/c1-14-12(16)11-6-10(7-19-11)20(17,18)15-9-4-2-8(13)3-5-9/h2-7,15H,1H3,(H,14,16). The fraction of sp³-hybridized carbons (Fsp3) is 0.0833. The lowest BCUT2D eigenvalue weighted by Crippen LogP contribution is -2.16. The number of hydrogen-bond donors (Lipinski definition) is 2. The zero-order valence-electron chi connectivity index (χ0n) is 10.4. The Balaban J connectivity index is 2.24. The molecule has 0 fully saturated rings. The van der Waals surface area contributed by atoms with E-state index in [1.165, 1.54) is 18.5 Å². The lowest BCUT2D eigenvalue weighted by Gasteiger charge is -2.06. The molecule has 0 saturated carbocycles. The van der Waals surface area contributed by atoms with Crippen molar-refractivity contribution in [1.82, 2.24) is 5.32 Å². The quantitative estimate of drug-likeness (QED) is 0.863. The van der Waals surface area contributed by atoms with Crippen LogP contribution < -0.4 is 10.0 Å². The molecule has 1 aromatic carbocycles. The van der Waals surface area contributed by atoms with Crippen molar-refractivity contribution in [1.29, 1.82) is 0 Å². The van der Waals surface area contributed by atoms with Crippen LogP contribution in [0.1, 0.15) is 9.67 Å². The number of rotatable bonds is 4. The Morgan fingerprint density at radius 3 is 2.50 bits per heavy atom. The van der Waals surface area contributed by atoms with Gasteiger partial charge in [-0.05, 0) is 30.3 Å². The van der Waals surface area contributed by atoms with Gasteiger partial charge in [0.25, 0.3) is 15.9 Å². The highest BCUT2D eigenvalue weighted by Crippen LogP contribution is 2.22. The summed E-state index contributed by atoms with van der Waals surface area (Å²) in [5.41, 5.74) is 0.459. The van der Waals surface area contributed by atoms with Gasteiger partial charge in [-0.2, -0.15) is 0 Å². The average Bonchev–Trinajstić information content (AvgIpc) is 2.91. The Bertz CT molecular complexity index is 723. The maximum atomic E-state index is 12.2. The van der Waals surface area contributed by atoms with Gasteiger partial charge >= 0.3 is 0 Å². The van der Waals surface area contributed by atoms with Gasteiger partial charge in [-0.25, -0.2) is 8.42 Å². The number of carbonyl (C=O) groups is 1. The summed E-state index contributed by atoms with van der Waals surface area (Å²) in [4.78, 5) is 11.9. The SMILES string of the molecule is CNC(=O)c1cc(S(=O)(=O)Nc2ccc(Br)cc2)cs1. The molecule has 2 aromatic rings. The van der Waals surface area contributed by atoms with E-state index in [-0.39, 0.29) is 10.8 Å².